The molecule has 0 atom stereocenters. The molecular formula is C11H10N2O2. The highest BCUT2D eigenvalue weighted by Crippen LogP contribution is 2.12. The molecule has 0 saturated carbocycles. The molecule has 0 aliphatic carbocycles. The Morgan fingerprint density at radius 3 is 2.80 bits per heavy atom. The fourth-order valence-corrected chi connectivity index (χ4v) is 1.33. The van der Waals surface area contributed by atoms with Crippen molar-refractivity contribution in [3.05, 3.63) is 47.2 Å². The van der Waals surface area contributed by atoms with Gasteiger partial charge in [0.2, 0.25) is 0 Å². The average Bonchev–Trinajstić information content (AvgIpc) is 2.74. The minimum Gasteiger partial charge on any atom is -0.472 e. The van der Waals surface area contributed by atoms with Crippen LogP contribution in [0.2, 0.25) is 0 Å². The molecule has 0 spiro atoms. The Labute approximate surface area is 86.9 Å². The van der Waals surface area contributed by atoms with E-state index < -0.39 is 0 Å². The van der Waals surface area contributed by atoms with Gasteiger partial charge in [-0.25, -0.2) is 0 Å². The van der Waals surface area contributed by atoms with Gasteiger partial charge in [-0.2, -0.15) is 10.2 Å². The number of furan rings is 1. The number of carbonyl (C=O) groups is 1. The Bertz CT molecular complexity index is 489. The zero-order chi connectivity index (χ0) is 10.8. The van der Waals surface area contributed by atoms with E-state index in [1.807, 2.05) is 0 Å². The zero-order valence-corrected chi connectivity index (χ0v) is 8.52. The molecule has 0 radical (unpaired) electrons. The maximum Gasteiger partial charge on any atom is 0.198 e. The SMILES string of the molecule is Cc1cc(C(=O)c2ccoc2)c(C)nn1. The van der Waals surface area contributed by atoms with Gasteiger partial charge in [-0.3, -0.25) is 4.79 Å². The normalized spacial score (nSPS) is 10.3. The molecule has 0 aromatic carbocycles. The molecule has 0 unspecified atom stereocenters. The van der Waals surface area contributed by atoms with Crippen LogP contribution in [0.15, 0.2) is 29.1 Å². The Hall–Kier alpha value is -1.97. The minimum absolute atomic E-state index is 0.0840. The average molecular weight is 202 g/mol. The van der Waals surface area contributed by atoms with Crippen molar-refractivity contribution in [2.24, 2.45) is 0 Å². The van der Waals surface area contributed by atoms with Gasteiger partial charge in [0.25, 0.3) is 0 Å². The highest BCUT2D eigenvalue weighted by molar-refractivity contribution is 6.09. The summed E-state index contributed by atoms with van der Waals surface area (Å²) in [7, 11) is 0. The van der Waals surface area contributed by atoms with Crippen molar-refractivity contribution >= 4 is 5.78 Å². The molecule has 0 fully saturated rings. The van der Waals surface area contributed by atoms with E-state index in [2.05, 4.69) is 10.2 Å². The van der Waals surface area contributed by atoms with Crippen molar-refractivity contribution in [3.8, 4) is 0 Å². The van der Waals surface area contributed by atoms with Gasteiger partial charge < -0.3 is 4.42 Å². The lowest BCUT2D eigenvalue weighted by molar-refractivity contribution is 0.103. The van der Waals surface area contributed by atoms with Crippen LogP contribution in [0.4, 0.5) is 0 Å². The van der Waals surface area contributed by atoms with Crippen molar-refractivity contribution in [3.63, 3.8) is 0 Å². The smallest absolute Gasteiger partial charge is 0.198 e. The summed E-state index contributed by atoms with van der Waals surface area (Å²) in [6.07, 6.45) is 2.90. The number of nitrogens with zero attached hydrogens (tertiary/aromatic N) is 2. The lowest BCUT2D eigenvalue weighted by Crippen LogP contribution is -2.06. The first-order valence-corrected chi connectivity index (χ1v) is 4.56. The van der Waals surface area contributed by atoms with Gasteiger partial charge in [0.1, 0.15) is 6.26 Å². The van der Waals surface area contributed by atoms with E-state index in [0.717, 1.165) is 5.69 Å². The van der Waals surface area contributed by atoms with Gasteiger partial charge in [-0.1, -0.05) is 0 Å². The monoisotopic (exact) mass is 202 g/mol. The Balaban J connectivity index is 2.46. The lowest BCUT2D eigenvalue weighted by atomic mass is 10.1. The molecule has 0 amide bonds. The van der Waals surface area contributed by atoms with Crippen LogP contribution in [0.3, 0.4) is 0 Å². The van der Waals surface area contributed by atoms with Crippen molar-refractivity contribution < 1.29 is 9.21 Å². The summed E-state index contributed by atoms with van der Waals surface area (Å²) < 4.78 is 4.87. The van der Waals surface area contributed by atoms with Crippen LogP contribution >= 0.6 is 0 Å². The van der Waals surface area contributed by atoms with E-state index in [4.69, 9.17) is 4.42 Å². The van der Waals surface area contributed by atoms with Crippen molar-refractivity contribution in [2.45, 2.75) is 13.8 Å². The van der Waals surface area contributed by atoms with Gasteiger partial charge in [-0.05, 0) is 26.0 Å². The van der Waals surface area contributed by atoms with Crippen molar-refractivity contribution in [2.75, 3.05) is 0 Å². The van der Waals surface area contributed by atoms with E-state index >= 15 is 0 Å². The minimum atomic E-state index is -0.0840. The van der Waals surface area contributed by atoms with E-state index in [9.17, 15) is 4.79 Å². The van der Waals surface area contributed by atoms with Gasteiger partial charge in [0.15, 0.2) is 5.78 Å². The third-order valence-corrected chi connectivity index (χ3v) is 2.13. The van der Waals surface area contributed by atoms with Crippen LogP contribution < -0.4 is 0 Å². The van der Waals surface area contributed by atoms with E-state index in [1.165, 1.54) is 12.5 Å². The summed E-state index contributed by atoms with van der Waals surface area (Å²) in [4.78, 5) is 12.0. The van der Waals surface area contributed by atoms with Gasteiger partial charge in [-0.15, -0.1) is 0 Å². The molecule has 4 nitrogen and oxygen atoms in total. The number of hydrogen-bond donors (Lipinski definition) is 0. The fourth-order valence-electron chi connectivity index (χ4n) is 1.33. The predicted octanol–water partition coefficient (Wildman–Crippen LogP) is 1.92. The van der Waals surface area contributed by atoms with Gasteiger partial charge >= 0.3 is 0 Å². The quantitative estimate of drug-likeness (QED) is 0.698. The summed E-state index contributed by atoms with van der Waals surface area (Å²) in [6.45, 7) is 3.57. The summed E-state index contributed by atoms with van der Waals surface area (Å²) in [5.74, 6) is -0.0840. The summed E-state index contributed by atoms with van der Waals surface area (Å²) in [6, 6.07) is 3.37. The lowest BCUT2D eigenvalue weighted by Gasteiger charge is -2.01. The highest BCUT2D eigenvalue weighted by atomic mass is 16.3. The third-order valence-electron chi connectivity index (χ3n) is 2.13. The first kappa shape index (κ1) is 9.58. The summed E-state index contributed by atoms with van der Waals surface area (Å²) in [5.41, 5.74) is 2.47. The molecule has 0 aliphatic heterocycles. The van der Waals surface area contributed by atoms with Gasteiger partial charge in [0, 0.05) is 5.56 Å². The number of aryl methyl sites for hydroxylation is 2. The first-order chi connectivity index (χ1) is 7.18. The van der Waals surface area contributed by atoms with Crippen LogP contribution in [0.1, 0.15) is 27.3 Å². The predicted molar refractivity (Wildman–Crippen MR) is 53.6 cm³/mol. The van der Waals surface area contributed by atoms with Crippen LogP contribution in [0, 0.1) is 13.8 Å². The molecule has 0 saturated heterocycles. The molecule has 0 aliphatic rings. The fraction of sp³-hybridized carbons (Fsp3) is 0.182. The molecule has 0 N–H and O–H groups in total. The highest BCUT2D eigenvalue weighted by Gasteiger charge is 2.14. The Morgan fingerprint density at radius 1 is 1.33 bits per heavy atom. The second-order valence-electron chi connectivity index (χ2n) is 3.33. The number of carbonyl (C=O) groups excluding carboxylic acids is 1. The summed E-state index contributed by atoms with van der Waals surface area (Å²) in [5, 5.41) is 7.79. The molecule has 2 heterocycles. The van der Waals surface area contributed by atoms with Crippen LogP contribution in [0.25, 0.3) is 0 Å². The third kappa shape index (κ3) is 1.79. The molecule has 15 heavy (non-hydrogen) atoms. The standard InChI is InChI=1S/C11H10N2O2/c1-7-5-10(8(2)13-12-7)11(14)9-3-4-15-6-9/h3-6H,1-2H3. The topological polar surface area (TPSA) is 56.0 Å². The van der Waals surface area contributed by atoms with Gasteiger partial charge in [0.05, 0.1) is 23.2 Å². The van der Waals surface area contributed by atoms with Crippen molar-refractivity contribution in [1.82, 2.24) is 10.2 Å². The number of ketones is 1. The molecule has 2 aromatic heterocycles. The van der Waals surface area contributed by atoms with Crippen LogP contribution in [-0.2, 0) is 0 Å². The Kier molecular flexibility index (Phi) is 2.33. The maximum absolute atomic E-state index is 12.0. The van der Waals surface area contributed by atoms with Crippen LogP contribution in [-0.4, -0.2) is 16.0 Å². The molecular weight excluding hydrogens is 192 g/mol. The number of rotatable bonds is 2. The molecule has 0 bridgehead atoms. The van der Waals surface area contributed by atoms with Crippen LogP contribution in [0.5, 0.6) is 0 Å². The second-order valence-corrected chi connectivity index (χ2v) is 3.33. The Morgan fingerprint density at radius 2 is 2.13 bits per heavy atom. The second kappa shape index (κ2) is 3.65. The maximum atomic E-state index is 12.0. The van der Waals surface area contributed by atoms with Crippen molar-refractivity contribution in [1.29, 1.82) is 0 Å². The summed E-state index contributed by atoms with van der Waals surface area (Å²) >= 11 is 0. The molecule has 4 heteroatoms. The zero-order valence-electron chi connectivity index (χ0n) is 8.52. The van der Waals surface area contributed by atoms with E-state index in [0.29, 0.717) is 16.8 Å². The molecule has 76 valence electrons. The molecule has 2 aromatic rings. The number of hydrogen-bond acceptors (Lipinski definition) is 4. The van der Waals surface area contributed by atoms with E-state index in [-0.39, 0.29) is 5.78 Å². The molecule has 2 rings (SSSR count). The first-order valence-electron chi connectivity index (χ1n) is 4.56. The van der Waals surface area contributed by atoms with E-state index in [1.54, 1.807) is 26.0 Å². The number of aromatic nitrogens is 2. The largest absolute Gasteiger partial charge is 0.472 e.